The van der Waals surface area contributed by atoms with Crippen LogP contribution in [-0.4, -0.2) is 37.0 Å². The Morgan fingerprint density at radius 3 is 2.07 bits per heavy atom. The molecule has 0 aliphatic carbocycles. The van der Waals surface area contributed by atoms with Crippen molar-refractivity contribution in [3.63, 3.8) is 0 Å². The molecule has 1 amide bonds. The van der Waals surface area contributed by atoms with E-state index in [2.05, 4.69) is 18.5 Å². The van der Waals surface area contributed by atoms with Gasteiger partial charge in [0.05, 0.1) is 0 Å². The first-order chi connectivity index (χ1) is 6.84. The molecule has 0 aromatic carbocycles. The lowest BCUT2D eigenvalue weighted by atomic mass is 10.3. The van der Waals surface area contributed by atoms with Crippen LogP contribution in [0.3, 0.4) is 0 Å². The lowest BCUT2D eigenvalue weighted by Gasteiger charge is -2.26. The number of hydrogen-bond acceptors (Lipinski definition) is 2. The van der Waals surface area contributed by atoms with Gasteiger partial charge in [0.2, 0.25) is 5.91 Å². The summed E-state index contributed by atoms with van der Waals surface area (Å²) in [5.74, 6) is 0.279. The van der Waals surface area contributed by atoms with Crippen LogP contribution in [0.15, 0.2) is 13.2 Å². The van der Waals surface area contributed by atoms with Crippen molar-refractivity contribution in [3.8, 4) is 0 Å². The van der Waals surface area contributed by atoms with Crippen molar-refractivity contribution < 1.29 is 4.79 Å². The van der Waals surface area contributed by atoms with Crippen LogP contribution < -0.4 is 5.32 Å². The Bertz CT molecular complexity index is 131. The molecule has 1 heterocycles. The number of nitrogens with zero attached hydrogens (tertiary/aromatic N) is 1. The fourth-order valence-electron chi connectivity index (χ4n) is 1.14. The van der Waals surface area contributed by atoms with Crippen molar-refractivity contribution >= 4 is 5.91 Å². The summed E-state index contributed by atoms with van der Waals surface area (Å²) in [5.41, 5.74) is 0. The molecule has 14 heavy (non-hydrogen) atoms. The first-order valence-corrected chi connectivity index (χ1v) is 5.33. The van der Waals surface area contributed by atoms with Crippen LogP contribution in [0.4, 0.5) is 0 Å². The Balaban J connectivity index is 0. The summed E-state index contributed by atoms with van der Waals surface area (Å²) in [6.07, 6.45) is 0.639. The van der Waals surface area contributed by atoms with Crippen LogP contribution >= 0.6 is 0 Å². The standard InChI is InChI=1S/C7H14N2O.C2H6.C2H4/c1-2-7(10)9-5-3-8-4-6-9;2*1-2/h8H,2-6H2,1H3;1-2H3;1-2H2. The number of carbonyl (C=O) groups is 1. The molecule has 1 saturated heterocycles. The van der Waals surface area contributed by atoms with Crippen LogP contribution in [0.5, 0.6) is 0 Å². The highest BCUT2D eigenvalue weighted by molar-refractivity contribution is 5.75. The van der Waals surface area contributed by atoms with Crippen molar-refractivity contribution in [2.24, 2.45) is 0 Å². The molecule has 3 heteroatoms. The minimum Gasteiger partial charge on any atom is -0.340 e. The molecule has 3 nitrogen and oxygen atoms in total. The second-order valence-corrected chi connectivity index (χ2v) is 2.48. The van der Waals surface area contributed by atoms with E-state index in [1.807, 2.05) is 25.7 Å². The summed E-state index contributed by atoms with van der Waals surface area (Å²) in [5, 5.41) is 3.20. The fraction of sp³-hybridized carbons (Fsp3) is 0.727. The average molecular weight is 200 g/mol. The van der Waals surface area contributed by atoms with Gasteiger partial charge in [-0.15, -0.1) is 13.2 Å². The summed E-state index contributed by atoms with van der Waals surface area (Å²) >= 11 is 0. The van der Waals surface area contributed by atoms with E-state index >= 15 is 0 Å². The van der Waals surface area contributed by atoms with Gasteiger partial charge in [-0.05, 0) is 0 Å². The Labute approximate surface area is 88.2 Å². The lowest BCUT2D eigenvalue weighted by Crippen LogP contribution is -2.46. The van der Waals surface area contributed by atoms with Crippen molar-refractivity contribution in [2.45, 2.75) is 27.2 Å². The van der Waals surface area contributed by atoms with Gasteiger partial charge >= 0.3 is 0 Å². The normalized spacial score (nSPS) is 14.4. The Morgan fingerprint density at radius 2 is 1.71 bits per heavy atom. The first kappa shape index (κ1) is 15.6. The van der Waals surface area contributed by atoms with E-state index in [9.17, 15) is 4.79 Å². The van der Waals surface area contributed by atoms with Crippen molar-refractivity contribution in [3.05, 3.63) is 13.2 Å². The molecule has 0 bridgehead atoms. The third kappa shape index (κ3) is 6.66. The molecule has 0 aromatic heterocycles. The molecule has 0 unspecified atom stereocenters. The zero-order valence-corrected chi connectivity index (χ0v) is 9.81. The molecule has 1 fully saturated rings. The van der Waals surface area contributed by atoms with Crippen molar-refractivity contribution in [2.75, 3.05) is 26.2 Å². The van der Waals surface area contributed by atoms with Crippen LogP contribution in [0, 0.1) is 0 Å². The zero-order chi connectivity index (χ0) is 11.4. The summed E-state index contributed by atoms with van der Waals surface area (Å²) < 4.78 is 0. The molecule has 1 N–H and O–H groups in total. The van der Waals surface area contributed by atoms with Gasteiger partial charge in [-0.3, -0.25) is 4.79 Å². The van der Waals surface area contributed by atoms with E-state index in [0.29, 0.717) is 6.42 Å². The predicted octanol–water partition coefficient (Wildman–Crippen LogP) is 1.66. The van der Waals surface area contributed by atoms with Crippen LogP contribution in [-0.2, 0) is 4.79 Å². The molecular weight excluding hydrogens is 176 g/mol. The monoisotopic (exact) mass is 200 g/mol. The van der Waals surface area contributed by atoms with Gasteiger partial charge in [-0.2, -0.15) is 0 Å². The molecule has 1 rings (SSSR count). The molecule has 0 spiro atoms. The minimum atomic E-state index is 0.279. The van der Waals surface area contributed by atoms with Crippen LogP contribution in [0.2, 0.25) is 0 Å². The van der Waals surface area contributed by atoms with Crippen LogP contribution in [0.25, 0.3) is 0 Å². The molecule has 0 aromatic rings. The van der Waals surface area contributed by atoms with Gasteiger partial charge in [0.15, 0.2) is 0 Å². The number of amides is 1. The highest BCUT2D eigenvalue weighted by atomic mass is 16.2. The third-order valence-corrected chi connectivity index (χ3v) is 1.77. The lowest BCUT2D eigenvalue weighted by molar-refractivity contribution is -0.131. The maximum Gasteiger partial charge on any atom is 0.222 e. The summed E-state index contributed by atoms with van der Waals surface area (Å²) in [6.45, 7) is 15.6. The highest BCUT2D eigenvalue weighted by Crippen LogP contribution is 1.95. The molecule has 1 aliphatic heterocycles. The van der Waals surface area contributed by atoms with E-state index < -0.39 is 0 Å². The van der Waals surface area contributed by atoms with Crippen molar-refractivity contribution in [1.82, 2.24) is 10.2 Å². The van der Waals surface area contributed by atoms with Gasteiger partial charge in [-0.25, -0.2) is 0 Å². The van der Waals surface area contributed by atoms with Crippen LogP contribution in [0.1, 0.15) is 27.2 Å². The topological polar surface area (TPSA) is 32.3 Å². The number of carbonyl (C=O) groups excluding carboxylic acids is 1. The Morgan fingerprint density at radius 1 is 1.29 bits per heavy atom. The van der Waals surface area contributed by atoms with Crippen molar-refractivity contribution in [1.29, 1.82) is 0 Å². The molecule has 0 radical (unpaired) electrons. The second kappa shape index (κ2) is 12.2. The van der Waals surface area contributed by atoms with E-state index in [0.717, 1.165) is 26.2 Å². The summed E-state index contributed by atoms with van der Waals surface area (Å²) in [7, 11) is 0. The Kier molecular flexibility index (Phi) is 13.6. The van der Waals surface area contributed by atoms with Gasteiger partial charge in [0.1, 0.15) is 0 Å². The highest BCUT2D eigenvalue weighted by Gasteiger charge is 2.12. The number of nitrogens with one attached hydrogen (secondary N) is 1. The second-order valence-electron chi connectivity index (χ2n) is 2.48. The molecular formula is C11H24N2O. The number of hydrogen-bond donors (Lipinski definition) is 1. The van der Waals surface area contributed by atoms with E-state index in [1.165, 1.54) is 0 Å². The average Bonchev–Trinajstić information content (AvgIpc) is 2.34. The maximum atomic E-state index is 11.1. The smallest absolute Gasteiger partial charge is 0.222 e. The molecule has 1 aliphatic rings. The first-order valence-electron chi connectivity index (χ1n) is 5.33. The maximum absolute atomic E-state index is 11.1. The van der Waals surface area contributed by atoms with Gasteiger partial charge in [-0.1, -0.05) is 20.8 Å². The third-order valence-electron chi connectivity index (χ3n) is 1.77. The van der Waals surface area contributed by atoms with E-state index in [1.54, 1.807) is 0 Å². The van der Waals surface area contributed by atoms with Gasteiger partial charge in [0, 0.05) is 32.6 Å². The minimum absolute atomic E-state index is 0.279. The SMILES string of the molecule is C=C.CC.CCC(=O)N1CCNCC1. The fourth-order valence-corrected chi connectivity index (χ4v) is 1.14. The summed E-state index contributed by atoms with van der Waals surface area (Å²) in [4.78, 5) is 13.0. The van der Waals surface area contributed by atoms with E-state index in [-0.39, 0.29) is 5.91 Å². The number of rotatable bonds is 1. The largest absolute Gasteiger partial charge is 0.340 e. The summed E-state index contributed by atoms with van der Waals surface area (Å²) in [6, 6.07) is 0. The quantitative estimate of drug-likeness (QED) is 0.653. The van der Waals surface area contributed by atoms with Gasteiger partial charge in [0.25, 0.3) is 0 Å². The molecule has 0 saturated carbocycles. The molecule has 84 valence electrons. The molecule has 0 atom stereocenters. The predicted molar refractivity (Wildman–Crippen MR) is 62.3 cm³/mol. The van der Waals surface area contributed by atoms with Gasteiger partial charge < -0.3 is 10.2 Å². The Hall–Kier alpha value is -0.830. The zero-order valence-electron chi connectivity index (χ0n) is 9.81. The van der Waals surface area contributed by atoms with E-state index in [4.69, 9.17) is 0 Å². The number of piperazine rings is 1.